The number of hydrogen-bond donors (Lipinski definition) is 1. The van der Waals surface area contributed by atoms with E-state index in [1.54, 1.807) is 0 Å². The molecule has 3 rings (SSSR count). The van der Waals surface area contributed by atoms with Gasteiger partial charge in [-0.2, -0.15) is 0 Å². The van der Waals surface area contributed by atoms with E-state index < -0.39 is 0 Å². The fourth-order valence-corrected chi connectivity index (χ4v) is 3.96. The highest BCUT2D eigenvalue weighted by molar-refractivity contribution is 6.42. The summed E-state index contributed by atoms with van der Waals surface area (Å²) in [6, 6.07) is 16.8. The van der Waals surface area contributed by atoms with E-state index in [0.29, 0.717) is 10.0 Å². The van der Waals surface area contributed by atoms with Crippen LogP contribution in [0.1, 0.15) is 36.4 Å². The molecule has 0 spiro atoms. The van der Waals surface area contributed by atoms with E-state index >= 15 is 0 Å². The van der Waals surface area contributed by atoms with E-state index in [1.165, 1.54) is 24.8 Å². The Morgan fingerprint density at radius 3 is 2.29 bits per heavy atom. The number of likely N-dealkylation sites (N-methyl/N-ethyl adjacent to an activating group) is 1. The predicted molar refractivity (Wildman–Crippen MR) is 90.2 cm³/mol. The minimum absolute atomic E-state index is 0.115. The summed E-state index contributed by atoms with van der Waals surface area (Å²) in [4.78, 5) is 0. The van der Waals surface area contributed by atoms with Crippen LogP contribution in [0.3, 0.4) is 0 Å². The first kappa shape index (κ1) is 14.9. The molecule has 1 fully saturated rings. The second kappa shape index (κ2) is 6.00. The zero-order valence-electron chi connectivity index (χ0n) is 12.1. The molecule has 2 aromatic carbocycles. The fraction of sp³-hybridized carbons (Fsp3) is 0.333. The Kier molecular flexibility index (Phi) is 4.26. The van der Waals surface area contributed by atoms with Crippen molar-refractivity contribution in [1.29, 1.82) is 0 Å². The predicted octanol–water partition coefficient (Wildman–Crippen LogP) is 5.38. The van der Waals surface area contributed by atoms with Crippen LogP contribution in [0, 0.1) is 0 Å². The molecule has 0 radical (unpaired) electrons. The van der Waals surface area contributed by atoms with Crippen molar-refractivity contribution in [2.24, 2.45) is 0 Å². The summed E-state index contributed by atoms with van der Waals surface area (Å²) in [6.45, 7) is 0. The lowest BCUT2D eigenvalue weighted by atomic mass is 9.59. The Hall–Kier alpha value is -1.02. The Balaban J connectivity index is 2.08. The molecule has 110 valence electrons. The number of benzene rings is 2. The van der Waals surface area contributed by atoms with Gasteiger partial charge in [-0.25, -0.2) is 0 Å². The van der Waals surface area contributed by atoms with Crippen molar-refractivity contribution in [2.45, 2.75) is 30.7 Å². The zero-order valence-corrected chi connectivity index (χ0v) is 13.6. The maximum Gasteiger partial charge on any atom is 0.0640 e. The van der Waals surface area contributed by atoms with E-state index in [0.717, 1.165) is 5.56 Å². The normalized spacial score (nSPS) is 18.0. The summed E-state index contributed by atoms with van der Waals surface area (Å²) in [5, 5.41) is 4.77. The third kappa shape index (κ3) is 2.48. The molecule has 0 bridgehead atoms. The Morgan fingerprint density at radius 2 is 1.71 bits per heavy atom. The van der Waals surface area contributed by atoms with Crippen molar-refractivity contribution in [3.8, 4) is 0 Å². The van der Waals surface area contributed by atoms with Crippen LogP contribution in [0.4, 0.5) is 0 Å². The molecule has 2 aromatic rings. The highest BCUT2D eigenvalue weighted by Gasteiger charge is 2.46. The van der Waals surface area contributed by atoms with Gasteiger partial charge in [-0.1, -0.05) is 72.1 Å². The van der Waals surface area contributed by atoms with E-state index in [2.05, 4.69) is 41.7 Å². The maximum absolute atomic E-state index is 6.47. The van der Waals surface area contributed by atoms with Crippen molar-refractivity contribution in [2.75, 3.05) is 7.05 Å². The van der Waals surface area contributed by atoms with Gasteiger partial charge in [-0.05, 0) is 37.1 Å². The molecule has 1 nitrogen and oxygen atoms in total. The second-order valence-electron chi connectivity index (χ2n) is 5.74. The molecular weight excluding hydrogens is 301 g/mol. The van der Waals surface area contributed by atoms with Gasteiger partial charge in [-0.15, -0.1) is 0 Å². The van der Waals surface area contributed by atoms with Crippen LogP contribution in [0.25, 0.3) is 0 Å². The monoisotopic (exact) mass is 319 g/mol. The molecule has 21 heavy (non-hydrogen) atoms. The molecule has 0 saturated heterocycles. The van der Waals surface area contributed by atoms with Crippen molar-refractivity contribution in [1.82, 2.24) is 5.32 Å². The van der Waals surface area contributed by atoms with Gasteiger partial charge < -0.3 is 5.32 Å². The van der Waals surface area contributed by atoms with Gasteiger partial charge in [0.2, 0.25) is 0 Å². The van der Waals surface area contributed by atoms with Crippen LogP contribution < -0.4 is 5.32 Å². The summed E-state index contributed by atoms with van der Waals surface area (Å²) in [5.41, 5.74) is 2.59. The van der Waals surface area contributed by atoms with Crippen LogP contribution in [0.15, 0.2) is 48.5 Å². The molecule has 1 aliphatic rings. The van der Waals surface area contributed by atoms with Crippen LogP contribution in [-0.4, -0.2) is 7.05 Å². The molecule has 1 aliphatic carbocycles. The zero-order chi connectivity index (χ0) is 14.9. The smallest absolute Gasteiger partial charge is 0.0640 e. The highest BCUT2D eigenvalue weighted by atomic mass is 35.5. The lowest BCUT2D eigenvalue weighted by molar-refractivity contribution is 0.176. The molecule has 1 unspecified atom stereocenters. The second-order valence-corrected chi connectivity index (χ2v) is 6.53. The van der Waals surface area contributed by atoms with E-state index in [-0.39, 0.29) is 11.5 Å². The van der Waals surface area contributed by atoms with Crippen molar-refractivity contribution in [3.63, 3.8) is 0 Å². The van der Waals surface area contributed by atoms with E-state index in [1.807, 2.05) is 19.2 Å². The summed E-state index contributed by atoms with van der Waals surface area (Å²) in [7, 11) is 2.00. The quantitative estimate of drug-likeness (QED) is 0.798. The first-order valence-corrected chi connectivity index (χ1v) is 8.11. The minimum Gasteiger partial charge on any atom is -0.312 e. The van der Waals surface area contributed by atoms with Gasteiger partial charge in [-0.3, -0.25) is 0 Å². The van der Waals surface area contributed by atoms with Crippen LogP contribution in [-0.2, 0) is 5.41 Å². The van der Waals surface area contributed by atoms with Crippen molar-refractivity contribution >= 4 is 23.2 Å². The molecule has 0 amide bonds. The first-order chi connectivity index (χ1) is 10.2. The summed E-state index contributed by atoms with van der Waals surface area (Å²) >= 11 is 12.7. The van der Waals surface area contributed by atoms with Gasteiger partial charge in [0.25, 0.3) is 0 Å². The molecular formula is C18H19Cl2N. The summed E-state index contributed by atoms with van der Waals surface area (Å²) in [6.07, 6.45) is 3.60. The lowest BCUT2D eigenvalue weighted by Gasteiger charge is -2.48. The van der Waals surface area contributed by atoms with E-state index in [4.69, 9.17) is 23.2 Å². The SMILES string of the molecule is CNC(c1cccc(Cl)c1Cl)C1(c2ccccc2)CCC1. The minimum atomic E-state index is 0.115. The van der Waals surface area contributed by atoms with Crippen LogP contribution in [0.5, 0.6) is 0 Å². The van der Waals surface area contributed by atoms with Gasteiger partial charge in [0.05, 0.1) is 10.0 Å². The number of nitrogens with one attached hydrogen (secondary N) is 1. The Morgan fingerprint density at radius 1 is 1.00 bits per heavy atom. The molecule has 0 aliphatic heterocycles. The number of halogens is 2. The van der Waals surface area contributed by atoms with E-state index in [9.17, 15) is 0 Å². The topological polar surface area (TPSA) is 12.0 Å². The molecule has 1 saturated carbocycles. The maximum atomic E-state index is 6.47. The Labute approximate surface area is 136 Å². The molecule has 1 atom stereocenters. The van der Waals surface area contributed by atoms with Gasteiger partial charge in [0.15, 0.2) is 0 Å². The fourth-order valence-electron chi connectivity index (χ4n) is 3.54. The van der Waals surface area contributed by atoms with Crippen molar-refractivity contribution < 1.29 is 0 Å². The van der Waals surface area contributed by atoms with Crippen LogP contribution >= 0.6 is 23.2 Å². The molecule has 3 heteroatoms. The van der Waals surface area contributed by atoms with Gasteiger partial charge >= 0.3 is 0 Å². The average molecular weight is 320 g/mol. The third-order valence-corrected chi connectivity index (χ3v) is 5.56. The summed E-state index contributed by atoms with van der Waals surface area (Å²) < 4.78 is 0. The largest absolute Gasteiger partial charge is 0.312 e. The first-order valence-electron chi connectivity index (χ1n) is 7.36. The van der Waals surface area contributed by atoms with Crippen molar-refractivity contribution in [3.05, 3.63) is 69.7 Å². The highest BCUT2D eigenvalue weighted by Crippen LogP contribution is 2.53. The number of rotatable bonds is 4. The Bertz CT molecular complexity index is 620. The standard InChI is InChI=1S/C18H19Cl2N/c1-21-17(14-9-5-10-15(19)16(14)20)18(11-6-12-18)13-7-3-2-4-8-13/h2-5,7-10,17,21H,6,11-12H2,1H3. The van der Waals surface area contributed by atoms with Crippen LogP contribution in [0.2, 0.25) is 10.0 Å². The molecule has 0 heterocycles. The molecule has 1 N–H and O–H groups in total. The van der Waals surface area contributed by atoms with Gasteiger partial charge in [0, 0.05) is 11.5 Å². The lowest BCUT2D eigenvalue weighted by Crippen LogP contribution is -2.45. The average Bonchev–Trinajstić information content (AvgIpc) is 2.47. The number of hydrogen-bond acceptors (Lipinski definition) is 1. The summed E-state index contributed by atoms with van der Waals surface area (Å²) in [5.74, 6) is 0. The van der Waals surface area contributed by atoms with Gasteiger partial charge in [0.1, 0.15) is 0 Å². The molecule has 0 aromatic heterocycles. The third-order valence-electron chi connectivity index (χ3n) is 4.73.